The summed E-state index contributed by atoms with van der Waals surface area (Å²) in [5, 5.41) is 11.4. The molecule has 1 aromatic heterocycles. The predicted octanol–water partition coefficient (Wildman–Crippen LogP) is 5.93. The number of sulfonamides is 1. The maximum Gasteiger partial charge on any atom is 0.235 e. The van der Waals surface area contributed by atoms with Crippen LogP contribution in [0.5, 0.6) is 5.88 Å². The lowest BCUT2D eigenvalue weighted by atomic mass is 10.0. The Morgan fingerprint density at radius 3 is 2.42 bits per heavy atom. The summed E-state index contributed by atoms with van der Waals surface area (Å²) in [7, 11) is -3.41. The Balaban J connectivity index is 1.38. The molecule has 0 atom stereocenters. The van der Waals surface area contributed by atoms with Crippen molar-refractivity contribution in [1.82, 2.24) is 9.88 Å². The fourth-order valence-electron chi connectivity index (χ4n) is 5.15. The van der Waals surface area contributed by atoms with E-state index in [0.29, 0.717) is 40.7 Å². The van der Waals surface area contributed by atoms with Gasteiger partial charge in [0.15, 0.2) is 5.88 Å². The fourth-order valence-corrected chi connectivity index (χ4v) is 6.53. The second-order valence-electron chi connectivity index (χ2n) is 10.3. The van der Waals surface area contributed by atoms with E-state index in [9.17, 15) is 13.5 Å². The second-order valence-corrected chi connectivity index (χ2v) is 12.2. The smallest absolute Gasteiger partial charge is 0.235 e. The molecule has 0 spiro atoms. The third kappa shape index (κ3) is 5.33. The SMILES string of the molecule is O=S(=O)(Nc1ccc2[nH]c(O)c(C(=Nc3ccc(CN4CCCCC4)cc3)c3ccccc3)c2c1)C1CC1. The third-order valence-corrected chi connectivity index (χ3v) is 9.19. The standard InChI is InChI=1S/C30H32N4O3S/c35-30-28(26-19-24(13-16-27(26)32-30)33-38(36,37)25-14-15-25)29(22-7-3-1-4-8-22)31-23-11-9-21(10-12-23)20-34-17-5-2-6-18-34/h1,3-4,7-13,16,19,25,32-33,35H,2,5-6,14-15,17-18,20H2. The van der Waals surface area contributed by atoms with Crippen molar-refractivity contribution in [2.45, 2.75) is 43.9 Å². The van der Waals surface area contributed by atoms with Crippen molar-refractivity contribution in [3.8, 4) is 5.88 Å². The number of anilines is 1. The van der Waals surface area contributed by atoms with Crippen molar-refractivity contribution in [2.75, 3.05) is 17.8 Å². The minimum atomic E-state index is -3.41. The molecule has 3 N–H and O–H groups in total. The van der Waals surface area contributed by atoms with E-state index in [1.807, 2.05) is 42.5 Å². The zero-order chi connectivity index (χ0) is 26.1. The molecule has 2 aliphatic rings. The van der Waals surface area contributed by atoms with E-state index in [1.54, 1.807) is 18.2 Å². The summed E-state index contributed by atoms with van der Waals surface area (Å²) in [6.45, 7) is 3.24. The first kappa shape index (κ1) is 24.7. The van der Waals surface area contributed by atoms with Crippen LogP contribution in [0.1, 0.15) is 48.8 Å². The second kappa shape index (κ2) is 10.3. The van der Waals surface area contributed by atoms with Gasteiger partial charge in [0.25, 0.3) is 0 Å². The Hall–Kier alpha value is -3.62. The molecule has 1 aliphatic carbocycles. The molecule has 1 aliphatic heterocycles. The molecule has 0 bridgehead atoms. The van der Waals surface area contributed by atoms with Gasteiger partial charge in [0.1, 0.15) is 0 Å². The third-order valence-electron chi connectivity index (χ3n) is 7.32. The number of rotatable bonds is 8. The normalized spacial score (nSPS) is 17.1. The molecule has 1 saturated carbocycles. The molecule has 4 aromatic rings. The van der Waals surface area contributed by atoms with Gasteiger partial charge in [-0.25, -0.2) is 13.4 Å². The highest BCUT2D eigenvalue weighted by Crippen LogP contribution is 2.35. The molecule has 196 valence electrons. The minimum absolute atomic E-state index is 0.00785. The summed E-state index contributed by atoms with van der Waals surface area (Å²) in [6, 6.07) is 23.3. The summed E-state index contributed by atoms with van der Waals surface area (Å²) < 4.78 is 27.8. The van der Waals surface area contributed by atoms with Crippen LogP contribution in [0, 0.1) is 0 Å². The summed E-state index contributed by atoms with van der Waals surface area (Å²) in [5.41, 5.74) is 5.22. The molecule has 3 aromatic carbocycles. The van der Waals surface area contributed by atoms with Crippen molar-refractivity contribution >= 4 is 38.0 Å². The number of benzene rings is 3. The van der Waals surface area contributed by atoms with Gasteiger partial charge in [-0.1, -0.05) is 48.9 Å². The maximum absolute atomic E-state index is 12.5. The van der Waals surface area contributed by atoms with Crippen LogP contribution in [-0.2, 0) is 16.6 Å². The minimum Gasteiger partial charge on any atom is -0.494 e. The van der Waals surface area contributed by atoms with Crippen LogP contribution in [0.25, 0.3) is 10.9 Å². The Morgan fingerprint density at radius 1 is 0.974 bits per heavy atom. The van der Waals surface area contributed by atoms with E-state index in [4.69, 9.17) is 4.99 Å². The number of hydrogen-bond acceptors (Lipinski definition) is 5. The first-order valence-electron chi connectivity index (χ1n) is 13.3. The average Bonchev–Trinajstić information content (AvgIpc) is 3.74. The summed E-state index contributed by atoms with van der Waals surface area (Å²) >= 11 is 0. The van der Waals surface area contributed by atoms with E-state index < -0.39 is 10.0 Å². The number of likely N-dealkylation sites (tertiary alicyclic amines) is 1. The van der Waals surface area contributed by atoms with Gasteiger partial charge in [-0.05, 0) is 74.7 Å². The van der Waals surface area contributed by atoms with Crippen molar-refractivity contribution in [2.24, 2.45) is 4.99 Å². The molecule has 2 fully saturated rings. The maximum atomic E-state index is 12.5. The van der Waals surface area contributed by atoms with Gasteiger partial charge >= 0.3 is 0 Å². The molecule has 6 rings (SSSR count). The largest absolute Gasteiger partial charge is 0.494 e. The van der Waals surface area contributed by atoms with Crippen LogP contribution in [0.3, 0.4) is 0 Å². The van der Waals surface area contributed by atoms with Gasteiger partial charge in [0.2, 0.25) is 10.0 Å². The number of fused-ring (bicyclic) bond motifs is 1. The first-order chi connectivity index (χ1) is 18.5. The molecule has 7 nitrogen and oxygen atoms in total. The van der Waals surface area contributed by atoms with Crippen LogP contribution in [0.2, 0.25) is 0 Å². The number of aromatic amines is 1. The molecule has 38 heavy (non-hydrogen) atoms. The van der Waals surface area contributed by atoms with Crippen molar-refractivity contribution in [3.05, 3.63) is 89.5 Å². The Bertz CT molecular complexity index is 1570. The Morgan fingerprint density at radius 2 is 1.71 bits per heavy atom. The number of nitrogens with one attached hydrogen (secondary N) is 2. The molecular formula is C30H32N4O3S. The van der Waals surface area contributed by atoms with Crippen LogP contribution in [0.15, 0.2) is 77.8 Å². The van der Waals surface area contributed by atoms with Crippen LogP contribution >= 0.6 is 0 Å². The van der Waals surface area contributed by atoms with E-state index in [2.05, 4.69) is 26.7 Å². The Labute approximate surface area is 223 Å². The van der Waals surface area contributed by atoms with Crippen LogP contribution in [0.4, 0.5) is 11.4 Å². The number of aliphatic imine (C=N–C) groups is 1. The van der Waals surface area contributed by atoms with Crippen molar-refractivity contribution in [1.29, 1.82) is 0 Å². The molecular weight excluding hydrogens is 496 g/mol. The molecule has 0 radical (unpaired) electrons. The topological polar surface area (TPSA) is 97.8 Å². The number of nitrogens with zero attached hydrogens (tertiary/aromatic N) is 2. The van der Waals surface area contributed by atoms with Crippen molar-refractivity contribution < 1.29 is 13.5 Å². The quantitative estimate of drug-likeness (QED) is 0.247. The number of aromatic nitrogens is 1. The van der Waals surface area contributed by atoms with E-state index in [0.717, 1.165) is 30.9 Å². The van der Waals surface area contributed by atoms with Crippen LogP contribution < -0.4 is 4.72 Å². The highest BCUT2D eigenvalue weighted by molar-refractivity contribution is 7.93. The predicted molar refractivity (Wildman–Crippen MR) is 153 cm³/mol. The lowest BCUT2D eigenvalue weighted by molar-refractivity contribution is 0.221. The molecule has 1 saturated heterocycles. The van der Waals surface area contributed by atoms with Gasteiger partial charge in [-0.3, -0.25) is 9.62 Å². The van der Waals surface area contributed by atoms with Crippen molar-refractivity contribution in [3.63, 3.8) is 0 Å². The molecule has 0 unspecified atom stereocenters. The van der Waals surface area contributed by atoms with E-state index in [1.165, 1.54) is 24.8 Å². The van der Waals surface area contributed by atoms with Gasteiger partial charge in [-0.2, -0.15) is 0 Å². The molecule has 0 amide bonds. The number of aromatic hydroxyl groups is 1. The zero-order valence-corrected chi connectivity index (χ0v) is 22.0. The van der Waals surface area contributed by atoms with E-state index >= 15 is 0 Å². The number of hydrogen-bond donors (Lipinski definition) is 3. The monoisotopic (exact) mass is 528 g/mol. The lowest BCUT2D eigenvalue weighted by Crippen LogP contribution is -2.28. The van der Waals surface area contributed by atoms with Gasteiger partial charge in [0, 0.05) is 28.7 Å². The number of H-pyrrole nitrogens is 1. The van der Waals surface area contributed by atoms with Gasteiger partial charge in [0.05, 0.1) is 22.2 Å². The van der Waals surface area contributed by atoms with E-state index in [-0.39, 0.29) is 11.1 Å². The molecule has 8 heteroatoms. The number of piperidine rings is 1. The summed E-state index contributed by atoms with van der Waals surface area (Å²) in [4.78, 5) is 10.5. The average molecular weight is 529 g/mol. The highest BCUT2D eigenvalue weighted by atomic mass is 32.2. The van der Waals surface area contributed by atoms with Crippen LogP contribution in [-0.4, -0.2) is 47.5 Å². The van der Waals surface area contributed by atoms with Gasteiger partial charge < -0.3 is 10.1 Å². The zero-order valence-electron chi connectivity index (χ0n) is 21.2. The summed E-state index contributed by atoms with van der Waals surface area (Å²) in [5.74, 6) is -0.00785. The van der Waals surface area contributed by atoms with Gasteiger partial charge in [-0.15, -0.1) is 0 Å². The summed E-state index contributed by atoms with van der Waals surface area (Å²) in [6.07, 6.45) is 5.23. The lowest BCUT2D eigenvalue weighted by Gasteiger charge is -2.26. The highest BCUT2D eigenvalue weighted by Gasteiger charge is 2.35. The fraction of sp³-hybridized carbons (Fsp3) is 0.300. The molecule has 2 heterocycles. The Kier molecular flexibility index (Phi) is 6.68. The first-order valence-corrected chi connectivity index (χ1v) is 14.8.